The molecule has 3 aliphatic heterocycles. The largest absolute Gasteiger partial charge is 0.357 e. The maximum Gasteiger partial charge on any atom is 0.148 e. The van der Waals surface area contributed by atoms with E-state index >= 15 is 0 Å². The Morgan fingerprint density at radius 1 is 1.00 bits per heavy atom. The SMILES string of the molecule is C1=CC(OC2CCCCSC2)NC(N2CCCN(C3CCC3)CC2)=C1. The highest BCUT2D eigenvalue weighted by atomic mass is 32.2. The van der Waals surface area contributed by atoms with Crippen LogP contribution >= 0.6 is 11.8 Å². The number of hydrogen-bond donors (Lipinski definition) is 1. The van der Waals surface area contributed by atoms with Crippen molar-refractivity contribution in [3.05, 3.63) is 24.0 Å². The van der Waals surface area contributed by atoms with E-state index in [0.717, 1.165) is 24.9 Å². The van der Waals surface area contributed by atoms with E-state index in [2.05, 4.69) is 33.3 Å². The van der Waals surface area contributed by atoms with E-state index in [1.807, 2.05) is 11.8 Å². The van der Waals surface area contributed by atoms with Gasteiger partial charge in [0.1, 0.15) is 12.0 Å². The minimum absolute atomic E-state index is 0.0367. The third kappa shape index (κ3) is 4.75. The van der Waals surface area contributed by atoms with Crippen molar-refractivity contribution in [1.29, 1.82) is 0 Å². The quantitative estimate of drug-likeness (QED) is 0.828. The van der Waals surface area contributed by atoms with Gasteiger partial charge in [-0.2, -0.15) is 11.8 Å². The fraction of sp³-hybridized carbons (Fsp3) is 0.800. The van der Waals surface area contributed by atoms with Gasteiger partial charge in [-0.25, -0.2) is 0 Å². The lowest BCUT2D eigenvalue weighted by molar-refractivity contribution is 0.00438. The Morgan fingerprint density at radius 2 is 1.96 bits per heavy atom. The fourth-order valence-corrected chi connectivity index (χ4v) is 5.33. The lowest BCUT2D eigenvalue weighted by Gasteiger charge is -2.37. The van der Waals surface area contributed by atoms with Gasteiger partial charge in [0, 0.05) is 38.0 Å². The van der Waals surface area contributed by atoms with Crippen molar-refractivity contribution in [2.45, 2.75) is 63.3 Å². The second-order valence-corrected chi connectivity index (χ2v) is 8.94. The second-order valence-electron chi connectivity index (χ2n) is 7.79. The van der Waals surface area contributed by atoms with E-state index < -0.39 is 0 Å². The van der Waals surface area contributed by atoms with Crippen LogP contribution in [0.3, 0.4) is 0 Å². The van der Waals surface area contributed by atoms with Crippen molar-refractivity contribution in [3.8, 4) is 0 Å². The summed E-state index contributed by atoms with van der Waals surface area (Å²) in [6.07, 6.45) is 16.4. The number of nitrogens with zero attached hydrogens (tertiary/aromatic N) is 2. The summed E-state index contributed by atoms with van der Waals surface area (Å²) in [7, 11) is 0. The summed E-state index contributed by atoms with van der Waals surface area (Å²) >= 11 is 2.05. The van der Waals surface area contributed by atoms with Crippen LogP contribution in [0.15, 0.2) is 24.0 Å². The Balaban J connectivity index is 1.28. The van der Waals surface area contributed by atoms with Gasteiger partial charge in [0.2, 0.25) is 0 Å². The zero-order valence-electron chi connectivity index (χ0n) is 15.4. The average molecular weight is 364 g/mol. The van der Waals surface area contributed by atoms with Gasteiger partial charge in [0.25, 0.3) is 0 Å². The second kappa shape index (κ2) is 8.83. The first kappa shape index (κ1) is 17.7. The highest BCUT2D eigenvalue weighted by Gasteiger charge is 2.28. The van der Waals surface area contributed by atoms with Crippen molar-refractivity contribution in [3.63, 3.8) is 0 Å². The predicted molar refractivity (Wildman–Crippen MR) is 106 cm³/mol. The normalized spacial score (nSPS) is 32.3. The minimum Gasteiger partial charge on any atom is -0.357 e. The number of allylic oxidation sites excluding steroid dienone is 2. The fourth-order valence-electron chi connectivity index (χ4n) is 4.25. The molecule has 1 saturated carbocycles. The molecule has 1 aliphatic carbocycles. The average Bonchev–Trinajstić information content (AvgIpc) is 2.97. The third-order valence-electron chi connectivity index (χ3n) is 6.00. The van der Waals surface area contributed by atoms with E-state index in [1.165, 1.54) is 69.6 Å². The Morgan fingerprint density at radius 3 is 2.84 bits per heavy atom. The molecule has 0 spiro atoms. The van der Waals surface area contributed by atoms with Crippen molar-refractivity contribution < 1.29 is 4.74 Å². The molecule has 140 valence electrons. The van der Waals surface area contributed by atoms with Gasteiger partial charge in [-0.05, 0) is 50.0 Å². The highest BCUT2D eigenvalue weighted by molar-refractivity contribution is 7.99. The number of dihydropyridines is 1. The first-order valence-corrected chi connectivity index (χ1v) is 11.4. The molecule has 2 saturated heterocycles. The van der Waals surface area contributed by atoms with Crippen LogP contribution in [0.5, 0.6) is 0 Å². The van der Waals surface area contributed by atoms with Crippen LogP contribution < -0.4 is 5.32 Å². The topological polar surface area (TPSA) is 27.7 Å². The monoisotopic (exact) mass is 363 g/mol. The van der Waals surface area contributed by atoms with Crippen molar-refractivity contribution in [1.82, 2.24) is 15.1 Å². The summed E-state index contributed by atoms with van der Waals surface area (Å²) < 4.78 is 6.35. The third-order valence-corrected chi connectivity index (χ3v) is 7.18. The van der Waals surface area contributed by atoms with Gasteiger partial charge in [-0.15, -0.1) is 0 Å². The van der Waals surface area contributed by atoms with Gasteiger partial charge >= 0.3 is 0 Å². The summed E-state index contributed by atoms with van der Waals surface area (Å²) in [5, 5.41) is 3.64. The minimum atomic E-state index is 0.0367. The Bertz CT molecular complexity index is 483. The highest BCUT2D eigenvalue weighted by Crippen LogP contribution is 2.26. The zero-order chi connectivity index (χ0) is 16.9. The summed E-state index contributed by atoms with van der Waals surface area (Å²) in [6.45, 7) is 4.76. The van der Waals surface area contributed by atoms with Crippen molar-refractivity contribution in [2.24, 2.45) is 0 Å². The molecule has 4 rings (SSSR count). The molecule has 0 aromatic rings. The molecule has 5 heteroatoms. The summed E-state index contributed by atoms with van der Waals surface area (Å²) in [5.74, 6) is 3.69. The number of ether oxygens (including phenoxy) is 1. The van der Waals surface area contributed by atoms with E-state index in [9.17, 15) is 0 Å². The first-order valence-electron chi connectivity index (χ1n) is 10.3. The molecule has 0 aromatic carbocycles. The van der Waals surface area contributed by atoms with E-state index in [0.29, 0.717) is 6.10 Å². The molecule has 3 fully saturated rings. The molecule has 0 amide bonds. The Labute approximate surface area is 157 Å². The van der Waals surface area contributed by atoms with Crippen molar-refractivity contribution >= 4 is 11.8 Å². The standard InChI is InChI=1S/C20H33N3OS/c1-2-15-25-16-18(8-1)24-20-10-4-9-19(21-20)23-12-5-11-22(13-14-23)17-6-3-7-17/h4,9-10,17-18,20-21H,1-3,5-8,11-16H2. The molecule has 1 N–H and O–H groups in total. The molecule has 2 unspecified atom stereocenters. The van der Waals surface area contributed by atoms with Crippen LogP contribution in [-0.4, -0.2) is 65.9 Å². The number of rotatable bonds is 4. The van der Waals surface area contributed by atoms with Crippen LogP contribution in [0, 0.1) is 0 Å². The Kier molecular flexibility index (Phi) is 6.27. The van der Waals surface area contributed by atoms with E-state index in [1.54, 1.807) is 0 Å². The van der Waals surface area contributed by atoms with Crippen LogP contribution in [-0.2, 0) is 4.74 Å². The number of nitrogens with one attached hydrogen (secondary N) is 1. The van der Waals surface area contributed by atoms with Gasteiger partial charge in [0.15, 0.2) is 0 Å². The van der Waals surface area contributed by atoms with Gasteiger partial charge in [-0.1, -0.05) is 18.9 Å². The predicted octanol–water partition coefficient (Wildman–Crippen LogP) is 3.18. The van der Waals surface area contributed by atoms with Crippen molar-refractivity contribution in [2.75, 3.05) is 37.7 Å². The van der Waals surface area contributed by atoms with Gasteiger partial charge in [0.05, 0.1) is 6.10 Å². The van der Waals surface area contributed by atoms with E-state index in [4.69, 9.17) is 4.74 Å². The number of thioether (sulfide) groups is 1. The van der Waals surface area contributed by atoms with Crippen LogP contribution in [0.2, 0.25) is 0 Å². The molecule has 4 aliphatic rings. The molecule has 25 heavy (non-hydrogen) atoms. The van der Waals surface area contributed by atoms with E-state index in [-0.39, 0.29) is 6.23 Å². The molecule has 0 aromatic heterocycles. The van der Waals surface area contributed by atoms with Crippen LogP contribution in [0.4, 0.5) is 0 Å². The zero-order valence-corrected chi connectivity index (χ0v) is 16.2. The molecule has 0 radical (unpaired) electrons. The molecule has 4 nitrogen and oxygen atoms in total. The maximum absolute atomic E-state index is 6.35. The van der Waals surface area contributed by atoms with Gasteiger partial charge in [-0.3, -0.25) is 4.90 Å². The summed E-state index contributed by atoms with van der Waals surface area (Å²) in [6, 6.07) is 0.872. The maximum atomic E-state index is 6.35. The number of hydrogen-bond acceptors (Lipinski definition) is 5. The molecule has 3 heterocycles. The summed E-state index contributed by atoms with van der Waals surface area (Å²) in [4.78, 5) is 5.25. The summed E-state index contributed by atoms with van der Waals surface area (Å²) in [5.41, 5.74) is 0. The molecular weight excluding hydrogens is 330 g/mol. The smallest absolute Gasteiger partial charge is 0.148 e. The first-order chi connectivity index (χ1) is 12.4. The van der Waals surface area contributed by atoms with Gasteiger partial charge < -0.3 is 15.0 Å². The molecule has 2 atom stereocenters. The van der Waals surface area contributed by atoms with Crippen LogP contribution in [0.1, 0.15) is 44.9 Å². The van der Waals surface area contributed by atoms with Crippen LogP contribution in [0.25, 0.3) is 0 Å². The Hall–Kier alpha value is -0.650. The lowest BCUT2D eigenvalue weighted by Crippen LogP contribution is -2.44. The molecular formula is C20H33N3OS. The molecule has 0 bridgehead atoms. The lowest BCUT2D eigenvalue weighted by atomic mass is 9.91.